The maximum Gasteiger partial charge on any atom is 0.295 e. The molecule has 0 aromatic heterocycles. The van der Waals surface area contributed by atoms with E-state index in [4.69, 9.17) is 14.2 Å². The molecule has 4 rings (SSSR count). The number of hydrogen-bond acceptors (Lipinski definition) is 7. The van der Waals surface area contributed by atoms with E-state index in [0.29, 0.717) is 50.8 Å². The van der Waals surface area contributed by atoms with Gasteiger partial charge in [0.1, 0.15) is 17.3 Å². The zero-order valence-corrected chi connectivity index (χ0v) is 22.4. The highest BCUT2D eigenvalue weighted by Gasteiger charge is 2.46. The second-order valence-corrected chi connectivity index (χ2v) is 9.59. The van der Waals surface area contributed by atoms with Gasteiger partial charge in [-0.1, -0.05) is 44.5 Å². The zero-order chi connectivity index (χ0) is 26.9. The van der Waals surface area contributed by atoms with Crippen LogP contribution in [-0.2, 0) is 14.3 Å². The SMILES string of the molecule is CCCCOc1ccc(C2/C(=C(\O)c3cccc(OCCC)c3)C(=O)C(=O)N2CCN2CCOCC2)cc1. The molecule has 8 nitrogen and oxygen atoms in total. The molecule has 0 radical (unpaired) electrons. The van der Waals surface area contributed by atoms with Crippen LogP contribution in [0.15, 0.2) is 54.1 Å². The van der Waals surface area contributed by atoms with Gasteiger partial charge in [0.25, 0.3) is 11.7 Å². The molecule has 2 fully saturated rings. The summed E-state index contributed by atoms with van der Waals surface area (Å²) in [6.07, 6.45) is 2.85. The number of rotatable bonds is 12. The van der Waals surface area contributed by atoms with Crippen molar-refractivity contribution in [3.05, 3.63) is 65.2 Å². The lowest BCUT2D eigenvalue weighted by Gasteiger charge is -2.31. The highest BCUT2D eigenvalue weighted by molar-refractivity contribution is 6.46. The van der Waals surface area contributed by atoms with Crippen molar-refractivity contribution < 1.29 is 28.9 Å². The number of nitrogens with zero attached hydrogens (tertiary/aromatic N) is 2. The predicted molar refractivity (Wildman–Crippen MR) is 145 cm³/mol. The van der Waals surface area contributed by atoms with Crippen LogP contribution < -0.4 is 9.47 Å². The number of hydrogen-bond donors (Lipinski definition) is 1. The van der Waals surface area contributed by atoms with Crippen LogP contribution in [0, 0.1) is 0 Å². The normalized spacial score (nSPS) is 19.6. The maximum absolute atomic E-state index is 13.4. The average Bonchev–Trinajstić information content (AvgIpc) is 3.20. The Hall–Kier alpha value is -3.36. The number of amides is 1. The number of likely N-dealkylation sites (tertiary alicyclic amines) is 1. The zero-order valence-electron chi connectivity index (χ0n) is 22.4. The fourth-order valence-electron chi connectivity index (χ4n) is 4.72. The van der Waals surface area contributed by atoms with Crippen molar-refractivity contribution in [3.8, 4) is 11.5 Å². The Bertz CT molecular complexity index is 1120. The smallest absolute Gasteiger partial charge is 0.295 e. The van der Waals surface area contributed by atoms with E-state index in [9.17, 15) is 14.7 Å². The second kappa shape index (κ2) is 13.4. The number of carbonyl (C=O) groups excluding carboxylic acids is 2. The summed E-state index contributed by atoms with van der Waals surface area (Å²) in [5.41, 5.74) is 1.27. The van der Waals surface area contributed by atoms with Crippen LogP contribution in [0.4, 0.5) is 0 Å². The Balaban J connectivity index is 1.68. The number of ether oxygens (including phenoxy) is 3. The first-order chi connectivity index (χ1) is 18.5. The van der Waals surface area contributed by atoms with E-state index >= 15 is 0 Å². The van der Waals surface area contributed by atoms with E-state index in [1.54, 1.807) is 23.1 Å². The Morgan fingerprint density at radius 2 is 1.68 bits per heavy atom. The molecule has 2 aromatic carbocycles. The second-order valence-electron chi connectivity index (χ2n) is 9.59. The molecule has 0 spiro atoms. The van der Waals surface area contributed by atoms with E-state index < -0.39 is 17.7 Å². The summed E-state index contributed by atoms with van der Waals surface area (Å²) in [5.74, 6) is -0.160. The molecule has 2 saturated heterocycles. The molecule has 2 aromatic rings. The standard InChI is InChI=1S/C30H38N2O6/c1-3-5-18-38-24-11-9-22(10-12-24)27-26(28(33)23-7-6-8-25(21-23)37-17-4-2)29(34)30(35)32(27)14-13-31-15-19-36-20-16-31/h6-12,21,27,33H,3-5,13-20H2,1-2H3/b28-26+. The summed E-state index contributed by atoms with van der Waals surface area (Å²) >= 11 is 0. The minimum Gasteiger partial charge on any atom is -0.507 e. The van der Waals surface area contributed by atoms with Gasteiger partial charge in [0, 0.05) is 31.7 Å². The summed E-state index contributed by atoms with van der Waals surface area (Å²) in [7, 11) is 0. The van der Waals surface area contributed by atoms with Crippen molar-refractivity contribution in [1.82, 2.24) is 9.80 Å². The lowest BCUT2D eigenvalue weighted by Crippen LogP contribution is -2.42. The third-order valence-electron chi connectivity index (χ3n) is 6.84. The van der Waals surface area contributed by atoms with Gasteiger partial charge in [0.05, 0.1) is 38.0 Å². The van der Waals surface area contributed by atoms with Gasteiger partial charge >= 0.3 is 0 Å². The lowest BCUT2D eigenvalue weighted by molar-refractivity contribution is -0.140. The number of aliphatic hydroxyl groups is 1. The fraction of sp³-hybridized carbons (Fsp3) is 0.467. The van der Waals surface area contributed by atoms with Gasteiger partial charge < -0.3 is 24.2 Å². The van der Waals surface area contributed by atoms with Crippen molar-refractivity contribution in [2.45, 2.75) is 39.2 Å². The molecule has 0 saturated carbocycles. The third kappa shape index (κ3) is 6.55. The number of unbranched alkanes of at least 4 members (excludes halogenated alkanes) is 1. The van der Waals surface area contributed by atoms with Crippen LogP contribution >= 0.6 is 0 Å². The molecule has 2 heterocycles. The molecule has 0 aliphatic carbocycles. The van der Waals surface area contributed by atoms with Gasteiger partial charge in [-0.2, -0.15) is 0 Å². The van der Waals surface area contributed by atoms with Crippen LogP contribution in [0.1, 0.15) is 50.3 Å². The molecule has 1 N–H and O–H groups in total. The summed E-state index contributed by atoms with van der Waals surface area (Å²) in [4.78, 5) is 30.5. The third-order valence-corrected chi connectivity index (χ3v) is 6.84. The Kier molecular flexibility index (Phi) is 9.79. The number of ketones is 1. The summed E-state index contributed by atoms with van der Waals surface area (Å²) in [6.45, 7) is 9.14. The first-order valence-corrected chi connectivity index (χ1v) is 13.6. The topological polar surface area (TPSA) is 88.5 Å². The molecule has 2 aliphatic rings. The highest BCUT2D eigenvalue weighted by Crippen LogP contribution is 2.40. The van der Waals surface area contributed by atoms with Crippen molar-refractivity contribution in [2.24, 2.45) is 0 Å². The van der Waals surface area contributed by atoms with Crippen molar-refractivity contribution in [3.63, 3.8) is 0 Å². The Morgan fingerprint density at radius 1 is 0.947 bits per heavy atom. The summed E-state index contributed by atoms with van der Waals surface area (Å²) in [6, 6.07) is 13.7. The minimum atomic E-state index is -0.707. The fourth-order valence-corrected chi connectivity index (χ4v) is 4.72. The molecular weight excluding hydrogens is 484 g/mol. The molecule has 204 valence electrons. The lowest BCUT2D eigenvalue weighted by atomic mass is 9.95. The van der Waals surface area contributed by atoms with Crippen LogP contribution in [0.25, 0.3) is 5.76 Å². The van der Waals surface area contributed by atoms with Crippen LogP contribution in [-0.4, -0.2) is 79.2 Å². The molecule has 1 atom stereocenters. The van der Waals surface area contributed by atoms with E-state index in [2.05, 4.69) is 11.8 Å². The number of carbonyl (C=O) groups is 2. The molecule has 1 unspecified atom stereocenters. The predicted octanol–water partition coefficient (Wildman–Crippen LogP) is 4.41. The van der Waals surface area contributed by atoms with Crippen molar-refractivity contribution in [2.75, 3.05) is 52.6 Å². The molecule has 1 amide bonds. The van der Waals surface area contributed by atoms with E-state index in [-0.39, 0.29) is 11.3 Å². The molecule has 38 heavy (non-hydrogen) atoms. The van der Waals surface area contributed by atoms with Gasteiger partial charge in [-0.3, -0.25) is 14.5 Å². The average molecular weight is 523 g/mol. The quantitative estimate of drug-likeness (QED) is 0.191. The first-order valence-electron chi connectivity index (χ1n) is 13.6. The van der Waals surface area contributed by atoms with Crippen LogP contribution in [0.3, 0.4) is 0 Å². The van der Waals surface area contributed by atoms with Gasteiger partial charge in [-0.15, -0.1) is 0 Å². The monoisotopic (exact) mass is 522 g/mol. The summed E-state index contributed by atoms with van der Waals surface area (Å²) in [5, 5.41) is 11.4. The number of Topliss-reactive ketones (excluding diaryl/α,β-unsaturated/α-hetero) is 1. The number of benzene rings is 2. The minimum absolute atomic E-state index is 0.0873. The van der Waals surface area contributed by atoms with Gasteiger partial charge in [0.2, 0.25) is 0 Å². The summed E-state index contributed by atoms with van der Waals surface area (Å²) < 4.78 is 17.0. The molecular formula is C30H38N2O6. The van der Waals surface area contributed by atoms with Crippen molar-refractivity contribution in [1.29, 1.82) is 0 Å². The molecule has 2 aliphatic heterocycles. The van der Waals surface area contributed by atoms with E-state index in [0.717, 1.165) is 43.7 Å². The van der Waals surface area contributed by atoms with Crippen LogP contribution in [0.5, 0.6) is 11.5 Å². The Morgan fingerprint density at radius 3 is 2.39 bits per heavy atom. The van der Waals surface area contributed by atoms with Gasteiger partial charge in [-0.05, 0) is 42.7 Å². The largest absolute Gasteiger partial charge is 0.507 e. The number of aliphatic hydroxyl groups excluding tert-OH is 1. The molecule has 8 heteroatoms. The maximum atomic E-state index is 13.4. The van der Waals surface area contributed by atoms with E-state index in [1.165, 1.54) is 0 Å². The van der Waals surface area contributed by atoms with Gasteiger partial charge in [-0.25, -0.2) is 0 Å². The van der Waals surface area contributed by atoms with E-state index in [1.807, 2.05) is 37.3 Å². The van der Waals surface area contributed by atoms with Gasteiger partial charge in [0.15, 0.2) is 0 Å². The van der Waals surface area contributed by atoms with Crippen molar-refractivity contribution >= 4 is 17.4 Å². The Labute approximate surface area is 224 Å². The van der Waals surface area contributed by atoms with Crippen LogP contribution in [0.2, 0.25) is 0 Å². The number of morpholine rings is 1. The highest BCUT2D eigenvalue weighted by atomic mass is 16.5. The molecule has 0 bridgehead atoms. The first kappa shape index (κ1) is 27.7.